The molecule has 0 radical (unpaired) electrons. The molecule has 0 fully saturated rings. The standard InChI is InChI=1S/C20H24N2/c1-3-11-19(17-13-7-5-8-14-17)21-22-20(12-4-2)18-15-9-6-10-16-18/h5-10,13-16H,3-4,11-12H2,1-2H3. The van der Waals surface area contributed by atoms with Crippen molar-refractivity contribution in [2.24, 2.45) is 10.2 Å². The number of hydrogen-bond acceptors (Lipinski definition) is 2. The zero-order valence-electron chi connectivity index (χ0n) is 13.5. The summed E-state index contributed by atoms with van der Waals surface area (Å²) in [5.74, 6) is 0. The molecule has 0 saturated heterocycles. The molecule has 2 rings (SSSR count). The molecule has 0 N–H and O–H groups in total. The van der Waals surface area contributed by atoms with Gasteiger partial charge < -0.3 is 0 Å². The molecule has 0 saturated carbocycles. The predicted molar refractivity (Wildman–Crippen MR) is 95.8 cm³/mol. The smallest absolute Gasteiger partial charge is 0.0702 e. The van der Waals surface area contributed by atoms with E-state index in [2.05, 4.69) is 48.3 Å². The summed E-state index contributed by atoms with van der Waals surface area (Å²) in [7, 11) is 0. The first kappa shape index (κ1) is 16.2. The summed E-state index contributed by atoms with van der Waals surface area (Å²) in [4.78, 5) is 0. The van der Waals surface area contributed by atoms with Crippen LogP contribution in [0.5, 0.6) is 0 Å². The van der Waals surface area contributed by atoms with Gasteiger partial charge >= 0.3 is 0 Å². The summed E-state index contributed by atoms with van der Waals surface area (Å²) in [6, 6.07) is 20.7. The maximum absolute atomic E-state index is 4.58. The van der Waals surface area contributed by atoms with E-state index in [9.17, 15) is 0 Å². The topological polar surface area (TPSA) is 24.7 Å². The van der Waals surface area contributed by atoms with Gasteiger partial charge in [-0.05, 0) is 24.0 Å². The Kier molecular flexibility index (Phi) is 6.56. The molecule has 114 valence electrons. The molecule has 0 atom stereocenters. The van der Waals surface area contributed by atoms with E-state index in [-0.39, 0.29) is 0 Å². The maximum Gasteiger partial charge on any atom is 0.0702 e. The van der Waals surface area contributed by atoms with Crippen LogP contribution in [0.1, 0.15) is 50.7 Å². The number of hydrogen-bond donors (Lipinski definition) is 0. The second-order valence-corrected chi connectivity index (χ2v) is 5.33. The SMILES string of the molecule is CCCC(=NN=C(CCC)c1ccccc1)c1ccccc1. The molecule has 2 heteroatoms. The van der Waals surface area contributed by atoms with E-state index in [1.807, 2.05) is 36.4 Å². The van der Waals surface area contributed by atoms with E-state index in [1.165, 1.54) is 0 Å². The van der Waals surface area contributed by atoms with Gasteiger partial charge in [-0.1, -0.05) is 87.4 Å². The van der Waals surface area contributed by atoms with Gasteiger partial charge in [-0.3, -0.25) is 0 Å². The Morgan fingerprint density at radius 2 is 1.00 bits per heavy atom. The Labute approximate surface area is 133 Å². The van der Waals surface area contributed by atoms with Crippen LogP contribution in [-0.4, -0.2) is 11.4 Å². The third kappa shape index (κ3) is 4.66. The summed E-state index contributed by atoms with van der Waals surface area (Å²) >= 11 is 0. The second kappa shape index (κ2) is 8.93. The molecule has 0 bridgehead atoms. The Hall–Kier alpha value is -2.22. The van der Waals surface area contributed by atoms with Crippen LogP contribution >= 0.6 is 0 Å². The van der Waals surface area contributed by atoms with Crippen LogP contribution in [0.2, 0.25) is 0 Å². The van der Waals surface area contributed by atoms with E-state index in [0.717, 1.165) is 48.2 Å². The zero-order chi connectivity index (χ0) is 15.6. The van der Waals surface area contributed by atoms with E-state index in [1.54, 1.807) is 0 Å². The normalized spacial score (nSPS) is 12.5. The Balaban J connectivity index is 2.33. The monoisotopic (exact) mass is 292 g/mol. The lowest BCUT2D eigenvalue weighted by molar-refractivity contribution is 0.966. The molecule has 0 aromatic heterocycles. The molecule has 0 spiro atoms. The number of rotatable bonds is 7. The molecule has 0 heterocycles. The van der Waals surface area contributed by atoms with Crippen molar-refractivity contribution in [2.45, 2.75) is 39.5 Å². The summed E-state index contributed by atoms with van der Waals surface area (Å²) in [6.07, 6.45) is 4.03. The summed E-state index contributed by atoms with van der Waals surface area (Å²) in [5, 5.41) is 9.17. The Bertz CT molecular complexity index is 555. The lowest BCUT2D eigenvalue weighted by atomic mass is 10.1. The predicted octanol–water partition coefficient (Wildman–Crippen LogP) is 5.48. The third-order valence-electron chi connectivity index (χ3n) is 3.48. The highest BCUT2D eigenvalue weighted by Gasteiger charge is 2.04. The van der Waals surface area contributed by atoms with E-state index >= 15 is 0 Å². The highest BCUT2D eigenvalue weighted by molar-refractivity contribution is 6.03. The van der Waals surface area contributed by atoms with Crippen molar-refractivity contribution in [1.29, 1.82) is 0 Å². The van der Waals surface area contributed by atoms with E-state index in [0.29, 0.717) is 0 Å². The van der Waals surface area contributed by atoms with Gasteiger partial charge in [0.1, 0.15) is 0 Å². The van der Waals surface area contributed by atoms with Gasteiger partial charge in [-0.2, -0.15) is 10.2 Å². The molecule has 0 aliphatic rings. The third-order valence-corrected chi connectivity index (χ3v) is 3.48. The largest absolute Gasteiger partial charge is 0.155 e. The van der Waals surface area contributed by atoms with E-state index < -0.39 is 0 Å². The summed E-state index contributed by atoms with van der Waals surface area (Å²) in [5.41, 5.74) is 4.45. The highest BCUT2D eigenvalue weighted by atomic mass is 15.2. The quantitative estimate of drug-likeness (QED) is 0.477. The molecule has 2 aromatic rings. The van der Waals surface area contributed by atoms with Crippen LogP contribution in [0.3, 0.4) is 0 Å². The van der Waals surface area contributed by atoms with Gasteiger partial charge in [0.25, 0.3) is 0 Å². The minimum absolute atomic E-state index is 0.946. The Morgan fingerprint density at radius 3 is 1.32 bits per heavy atom. The molecule has 22 heavy (non-hydrogen) atoms. The van der Waals surface area contributed by atoms with Gasteiger partial charge in [-0.15, -0.1) is 0 Å². The Morgan fingerprint density at radius 1 is 0.636 bits per heavy atom. The average Bonchev–Trinajstić information content (AvgIpc) is 2.59. The van der Waals surface area contributed by atoms with Crippen molar-refractivity contribution in [3.05, 3.63) is 71.8 Å². The molecule has 2 aromatic carbocycles. The van der Waals surface area contributed by atoms with Crippen molar-refractivity contribution < 1.29 is 0 Å². The first-order valence-corrected chi connectivity index (χ1v) is 8.09. The zero-order valence-corrected chi connectivity index (χ0v) is 13.5. The van der Waals surface area contributed by atoms with Gasteiger partial charge in [0.2, 0.25) is 0 Å². The van der Waals surface area contributed by atoms with Gasteiger partial charge in [0.05, 0.1) is 11.4 Å². The minimum atomic E-state index is 0.946. The van der Waals surface area contributed by atoms with Crippen molar-refractivity contribution in [1.82, 2.24) is 0 Å². The van der Waals surface area contributed by atoms with Crippen LogP contribution in [0.15, 0.2) is 70.9 Å². The van der Waals surface area contributed by atoms with Crippen molar-refractivity contribution in [3.63, 3.8) is 0 Å². The lowest BCUT2D eigenvalue weighted by Crippen LogP contribution is -2.03. The molecule has 0 aliphatic heterocycles. The van der Waals surface area contributed by atoms with Crippen molar-refractivity contribution >= 4 is 11.4 Å². The fourth-order valence-electron chi connectivity index (χ4n) is 2.36. The molecular formula is C20H24N2. The molecule has 0 aliphatic carbocycles. The second-order valence-electron chi connectivity index (χ2n) is 5.33. The van der Waals surface area contributed by atoms with Crippen molar-refractivity contribution in [2.75, 3.05) is 0 Å². The summed E-state index contributed by atoms with van der Waals surface area (Å²) in [6.45, 7) is 4.35. The van der Waals surface area contributed by atoms with Crippen LogP contribution < -0.4 is 0 Å². The van der Waals surface area contributed by atoms with Gasteiger partial charge in [0, 0.05) is 0 Å². The number of nitrogens with zero attached hydrogens (tertiary/aromatic N) is 2. The highest BCUT2D eigenvalue weighted by Crippen LogP contribution is 2.10. The molecule has 0 unspecified atom stereocenters. The van der Waals surface area contributed by atoms with Gasteiger partial charge in [-0.25, -0.2) is 0 Å². The first-order chi connectivity index (χ1) is 10.8. The lowest BCUT2D eigenvalue weighted by Gasteiger charge is -2.06. The average molecular weight is 292 g/mol. The van der Waals surface area contributed by atoms with Gasteiger partial charge in [0.15, 0.2) is 0 Å². The number of benzene rings is 2. The first-order valence-electron chi connectivity index (χ1n) is 8.09. The summed E-state index contributed by atoms with van der Waals surface area (Å²) < 4.78 is 0. The maximum atomic E-state index is 4.58. The van der Waals surface area contributed by atoms with Crippen LogP contribution in [0.25, 0.3) is 0 Å². The van der Waals surface area contributed by atoms with E-state index in [4.69, 9.17) is 0 Å². The molecular weight excluding hydrogens is 268 g/mol. The molecule has 0 amide bonds. The van der Waals surface area contributed by atoms with Crippen LogP contribution in [0, 0.1) is 0 Å². The van der Waals surface area contributed by atoms with Crippen LogP contribution in [0.4, 0.5) is 0 Å². The fourth-order valence-corrected chi connectivity index (χ4v) is 2.36. The minimum Gasteiger partial charge on any atom is -0.155 e. The fraction of sp³-hybridized carbons (Fsp3) is 0.300. The van der Waals surface area contributed by atoms with Crippen molar-refractivity contribution in [3.8, 4) is 0 Å². The molecule has 2 nitrogen and oxygen atoms in total. The van der Waals surface area contributed by atoms with Crippen LogP contribution in [-0.2, 0) is 0 Å².